The van der Waals surface area contributed by atoms with Crippen LogP contribution >= 0.6 is 11.8 Å². The molecule has 0 N–H and O–H groups in total. The fourth-order valence-corrected chi connectivity index (χ4v) is 4.39. The van der Waals surface area contributed by atoms with Gasteiger partial charge in [-0.1, -0.05) is 48.0 Å². The summed E-state index contributed by atoms with van der Waals surface area (Å²) in [6.45, 7) is 4.03. The highest BCUT2D eigenvalue weighted by molar-refractivity contribution is 7.99. The molecule has 0 aromatic heterocycles. The number of aryl methyl sites for hydroxylation is 1. The van der Waals surface area contributed by atoms with Crippen molar-refractivity contribution in [2.45, 2.75) is 28.9 Å². The summed E-state index contributed by atoms with van der Waals surface area (Å²) < 4.78 is 29.9. The van der Waals surface area contributed by atoms with Gasteiger partial charge in [0, 0.05) is 10.1 Å². The maximum absolute atomic E-state index is 12.3. The highest BCUT2D eigenvalue weighted by Crippen LogP contribution is 2.35. The molecule has 3 rings (SSSR count). The lowest BCUT2D eigenvalue weighted by molar-refractivity contribution is 0.486. The Balaban J connectivity index is 1.70. The van der Waals surface area contributed by atoms with Crippen LogP contribution in [0.2, 0.25) is 0 Å². The Morgan fingerprint density at radius 3 is 2.08 bits per heavy atom. The molecule has 0 heterocycles. The molecular formula is C21H20O3S2. The van der Waals surface area contributed by atoms with Crippen molar-refractivity contribution in [3.05, 3.63) is 90.0 Å². The standard InChI is InChI=1S/C21H20O3S2/c1-16-8-14-21(15-9-16)26(22,23)24-19-12-10-18(11-13-19)17(2)25-20-6-4-3-5-7-20/h3-15,17H,1-2H3/t17-/m1/s1. The summed E-state index contributed by atoms with van der Waals surface area (Å²) in [6, 6.07) is 24.0. The predicted molar refractivity (Wildman–Crippen MR) is 106 cm³/mol. The van der Waals surface area contributed by atoms with Crippen molar-refractivity contribution >= 4 is 21.9 Å². The molecule has 0 saturated heterocycles. The van der Waals surface area contributed by atoms with E-state index in [4.69, 9.17) is 4.18 Å². The topological polar surface area (TPSA) is 43.4 Å². The van der Waals surface area contributed by atoms with E-state index in [1.165, 1.54) is 4.90 Å². The van der Waals surface area contributed by atoms with Gasteiger partial charge in [0.2, 0.25) is 0 Å². The quantitative estimate of drug-likeness (QED) is 0.409. The minimum absolute atomic E-state index is 0.153. The molecule has 0 fully saturated rings. The third-order valence-corrected chi connectivity index (χ3v) is 6.35. The highest BCUT2D eigenvalue weighted by Gasteiger charge is 2.16. The molecular weight excluding hydrogens is 364 g/mol. The van der Waals surface area contributed by atoms with Gasteiger partial charge in [-0.05, 0) is 55.8 Å². The van der Waals surface area contributed by atoms with Gasteiger partial charge in [0.05, 0.1) is 0 Å². The van der Waals surface area contributed by atoms with Gasteiger partial charge in [0.15, 0.2) is 0 Å². The first-order valence-electron chi connectivity index (χ1n) is 8.27. The molecule has 26 heavy (non-hydrogen) atoms. The van der Waals surface area contributed by atoms with Crippen LogP contribution in [0, 0.1) is 6.92 Å². The van der Waals surface area contributed by atoms with Crippen LogP contribution in [0.1, 0.15) is 23.3 Å². The molecule has 0 spiro atoms. The molecule has 3 nitrogen and oxygen atoms in total. The Labute approximate surface area is 159 Å². The van der Waals surface area contributed by atoms with Gasteiger partial charge in [-0.2, -0.15) is 8.42 Å². The summed E-state index contributed by atoms with van der Waals surface area (Å²) in [7, 11) is -3.82. The van der Waals surface area contributed by atoms with E-state index < -0.39 is 10.1 Å². The van der Waals surface area contributed by atoms with Crippen molar-refractivity contribution in [3.8, 4) is 5.75 Å². The smallest absolute Gasteiger partial charge is 0.339 e. The highest BCUT2D eigenvalue weighted by atomic mass is 32.2. The number of rotatable bonds is 6. The second-order valence-corrected chi connectivity index (χ2v) is 8.95. The molecule has 3 aromatic carbocycles. The maximum Gasteiger partial charge on any atom is 0.339 e. The first-order valence-corrected chi connectivity index (χ1v) is 10.6. The lowest BCUT2D eigenvalue weighted by Gasteiger charge is -2.13. The van der Waals surface area contributed by atoms with Gasteiger partial charge >= 0.3 is 10.1 Å². The first kappa shape index (κ1) is 18.5. The van der Waals surface area contributed by atoms with Crippen molar-refractivity contribution < 1.29 is 12.6 Å². The van der Waals surface area contributed by atoms with Gasteiger partial charge in [0.1, 0.15) is 10.6 Å². The van der Waals surface area contributed by atoms with Crippen LogP contribution in [0.25, 0.3) is 0 Å². The summed E-state index contributed by atoms with van der Waals surface area (Å²) in [4.78, 5) is 1.35. The third-order valence-electron chi connectivity index (χ3n) is 3.92. The van der Waals surface area contributed by atoms with Crippen LogP contribution in [-0.2, 0) is 10.1 Å². The first-order chi connectivity index (χ1) is 12.4. The number of benzene rings is 3. The van der Waals surface area contributed by atoms with Crippen LogP contribution in [0.4, 0.5) is 0 Å². The number of hydrogen-bond acceptors (Lipinski definition) is 4. The lowest BCUT2D eigenvalue weighted by atomic mass is 10.2. The van der Waals surface area contributed by atoms with E-state index in [0.717, 1.165) is 11.1 Å². The van der Waals surface area contributed by atoms with E-state index in [0.29, 0.717) is 5.75 Å². The molecule has 1 atom stereocenters. The SMILES string of the molecule is Cc1ccc(S(=O)(=O)Oc2ccc([C@@H](C)Sc3ccccc3)cc2)cc1. The van der Waals surface area contributed by atoms with E-state index in [1.807, 2.05) is 37.3 Å². The van der Waals surface area contributed by atoms with Crippen LogP contribution in [0.3, 0.4) is 0 Å². The summed E-state index contributed by atoms with van der Waals surface area (Å²) >= 11 is 1.75. The maximum atomic E-state index is 12.3. The molecule has 5 heteroatoms. The van der Waals surface area contributed by atoms with E-state index >= 15 is 0 Å². The van der Waals surface area contributed by atoms with E-state index in [1.54, 1.807) is 48.2 Å². The average Bonchev–Trinajstić information content (AvgIpc) is 2.63. The van der Waals surface area contributed by atoms with Crippen LogP contribution in [0.15, 0.2) is 88.7 Å². The summed E-state index contributed by atoms with van der Waals surface area (Å²) in [6.07, 6.45) is 0. The van der Waals surface area contributed by atoms with Crippen LogP contribution in [0.5, 0.6) is 5.75 Å². The molecule has 0 radical (unpaired) electrons. The lowest BCUT2D eigenvalue weighted by Crippen LogP contribution is -2.09. The molecule has 0 saturated carbocycles. The van der Waals surface area contributed by atoms with Crippen LogP contribution in [-0.4, -0.2) is 8.42 Å². The van der Waals surface area contributed by atoms with Gasteiger partial charge in [0.25, 0.3) is 0 Å². The Morgan fingerprint density at radius 1 is 0.846 bits per heavy atom. The van der Waals surface area contributed by atoms with Crippen molar-refractivity contribution in [3.63, 3.8) is 0 Å². The van der Waals surface area contributed by atoms with E-state index in [-0.39, 0.29) is 10.1 Å². The average molecular weight is 385 g/mol. The molecule has 0 aliphatic heterocycles. The molecule has 0 amide bonds. The van der Waals surface area contributed by atoms with Gasteiger partial charge < -0.3 is 4.18 Å². The van der Waals surface area contributed by atoms with Gasteiger partial charge in [-0.3, -0.25) is 0 Å². The zero-order chi connectivity index (χ0) is 18.6. The van der Waals surface area contributed by atoms with Crippen LogP contribution < -0.4 is 4.18 Å². The number of hydrogen-bond donors (Lipinski definition) is 0. The van der Waals surface area contributed by atoms with Crippen molar-refractivity contribution in [1.82, 2.24) is 0 Å². The normalized spacial score (nSPS) is 12.5. The third kappa shape index (κ3) is 4.68. The monoisotopic (exact) mass is 384 g/mol. The fraction of sp³-hybridized carbons (Fsp3) is 0.143. The second-order valence-electron chi connectivity index (χ2n) is 5.99. The minimum Gasteiger partial charge on any atom is -0.379 e. The Hall–Kier alpha value is -2.24. The van der Waals surface area contributed by atoms with Gasteiger partial charge in [-0.15, -0.1) is 11.8 Å². The summed E-state index contributed by atoms with van der Waals surface area (Å²) in [5.74, 6) is 0.311. The van der Waals surface area contributed by atoms with Crippen molar-refractivity contribution in [1.29, 1.82) is 0 Å². The molecule has 0 bridgehead atoms. The van der Waals surface area contributed by atoms with E-state index in [2.05, 4.69) is 19.1 Å². The molecule has 134 valence electrons. The zero-order valence-corrected chi connectivity index (χ0v) is 16.3. The number of thioether (sulfide) groups is 1. The molecule has 0 unspecified atom stereocenters. The predicted octanol–water partition coefficient (Wildman–Crippen LogP) is 5.62. The summed E-state index contributed by atoms with van der Waals surface area (Å²) in [5, 5.41) is 0.250. The minimum atomic E-state index is -3.82. The molecule has 3 aromatic rings. The molecule has 0 aliphatic rings. The summed E-state index contributed by atoms with van der Waals surface area (Å²) in [5.41, 5.74) is 2.11. The Bertz CT molecular complexity index is 948. The van der Waals surface area contributed by atoms with Gasteiger partial charge in [-0.25, -0.2) is 0 Å². The Morgan fingerprint density at radius 2 is 1.46 bits per heavy atom. The molecule has 0 aliphatic carbocycles. The van der Waals surface area contributed by atoms with Crippen molar-refractivity contribution in [2.75, 3.05) is 0 Å². The Kier molecular flexibility index (Phi) is 5.69. The zero-order valence-electron chi connectivity index (χ0n) is 14.6. The van der Waals surface area contributed by atoms with E-state index in [9.17, 15) is 8.42 Å². The largest absolute Gasteiger partial charge is 0.379 e. The fourth-order valence-electron chi connectivity index (χ4n) is 2.45. The van der Waals surface area contributed by atoms with Crippen molar-refractivity contribution in [2.24, 2.45) is 0 Å². The second kappa shape index (κ2) is 7.98.